The van der Waals surface area contributed by atoms with Crippen LogP contribution in [0.1, 0.15) is 11.1 Å². The van der Waals surface area contributed by atoms with Crippen molar-refractivity contribution in [1.82, 2.24) is 0 Å². The van der Waals surface area contributed by atoms with Crippen LogP contribution in [-0.2, 0) is 13.0 Å². The standard InChI is InChI=1S/C15H16ClNO/c16-14-7-3-4-8-15(14)18-11-13-6-2-1-5-12(13)9-10-17/h1-8H,9-11,17H2. The van der Waals surface area contributed by atoms with Crippen molar-refractivity contribution < 1.29 is 4.74 Å². The monoisotopic (exact) mass is 261 g/mol. The highest BCUT2D eigenvalue weighted by atomic mass is 35.5. The van der Waals surface area contributed by atoms with Crippen molar-refractivity contribution in [2.24, 2.45) is 5.73 Å². The van der Waals surface area contributed by atoms with Gasteiger partial charge < -0.3 is 10.5 Å². The molecule has 0 aliphatic carbocycles. The zero-order chi connectivity index (χ0) is 12.8. The second kappa shape index (κ2) is 6.43. The summed E-state index contributed by atoms with van der Waals surface area (Å²) in [6.45, 7) is 1.16. The molecule has 2 aromatic rings. The second-order valence-corrected chi connectivity index (χ2v) is 4.43. The van der Waals surface area contributed by atoms with Crippen LogP contribution in [-0.4, -0.2) is 6.54 Å². The van der Waals surface area contributed by atoms with Crippen LogP contribution in [0, 0.1) is 0 Å². The molecule has 0 aromatic heterocycles. The molecular weight excluding hydrogens is 246 g/mol. The van der Waals surface area contributed by atoms with Crippen LogP contribution >= 0.6 is 11.6 Å². The minimum absolute atomic E-state index is 0.514. The molecule has 0 radical (unpaired) electrons. The molecule has 3 heteroatoms. The third-order valence-corrected chi connectivity index (χ3v) is 3.06. The molecule has 0 fully saturated rings. The van der Waals surface area contributed by atoms with Crippen LogP contribution in [0.4, 0.5) is 0 Å². The van der Waals surface area contributed by atoms with Crippen LogP contribution in [0.15, 0.2) is 48.5 Å². The van der Waals surface area contributed by atoms with Crippen LogP contribution < -0.4 is 10.5 Å². The van der Waals surface area contributed by atoms with E-state index in [1.807, 2.05) is 36.4 Å². The number of hydrogen-bond acceptors (Lipinski definition) is 2. The lowest BCUT2D eigenvalue weighted by Gasteiger charge is -2.11. The first-order chi connectivity index (χ1) is 8.81. The van der Waals surface area contributed by atoms with Crippen LogP contribution in [0.5, 0.6) is 5.75 Å². The largest absolute Gasteiger partial charge is 0.487 e. The molecular formula is C15H16ClNO. The lowest BCUT2D eigenvalue weighted by Crippen LogP contribution is -2.07. The summed E-state index contributed by atoms with van der Waals surface area (Å²) in [7, 11) is 0. The maximum atomic E-state index is 6.05. The summed E-state index contributed by atoms with van der Waals surface area (Å²) in [6.07, 6.45) is 0.863. The Morgan fingerprint density at radius 2 is 1.61 bits per heavy atom. The molecule has 0 saturated heterocycles. The van der Waals surface area contributed by atoms with Crippen molar-refractivity contribution in [2.75, 3.05) is 6.54 Å². The highest BCUT2D eigenvalue weighted by Gasteiger charge is 2.04. The predicted octanol–water partition coefficient (Wildman–Crippen LogP) is 3.42. The van der Waals surface area contributed by atoms with Crippen LogP contribution in [0.2, 0.25) is 5.02 Å². The van der Waals surface area contributed by atoms with Crippen molar-refractivity contribution in [3.8, 4) is 5.75 Å². The van der Waals surface area contributed by atoms with Gasteiger partial charge in [-0.3, -0.25) is 0 Å². The zero-order valence-corrected chi connectivity index (χ0v) is 10.9. The summed E-state index contributed by atoms with van der Waals surface area (Å²) in [5.74, 6) is 0.710. The van der Waals surface area contributed by atoms with Gasteiger partial charge in [-0.05, 0) is 36.2 Å². The van der Waals surface area contributed by atoms with Crippen LogP contribution in [0.3, 0.4) is 0 Å². The summed E-state index contributed by atoms with van der Waals surface area (Å²) in [4.78, 5) is 0. The van der Waals surface area contributed by atoms with Gasteiger partial charge in [0.15, 0.2) is 0 Å². The Balaban J connectivity index is 2.08. The van der Waals surface area contributed by atoms with E-state index < -0.39 is 0 Å². The van der Waals surface area contributed by atoms with Crippen molar-refractivity contribution in [2.45, 2.75) is 13.0 Å². The first-order valence-corrected chi connectivity index (χ1v) is 6.33. The third-order valence-electron chi connectivity index (χ3n) is 2.75. The fraction of sp³-hybridized carbons (Fsp3) is 0.200. The Morgan fingerprint density at radius 1 is 0.944 bits per heavy atom. The summed E-state index contributed by atoms with van der Waals surface area (Å²) in [6, 6.07) is 15.6. The van der Waals surface area contributed by atoms with Gasteiger partial charge in [0.1, 0.15) is 12.4 Å². The first kappa shape index (κ1) is 12.9. The van der Waals surface area contributed by atoms with E-state index in [-0.39, 0.29) is 0 Å². The van der Waals surface area contributed by atoms with Gasteiger partial charge in [0.2, 0.25) is 0 Å². The average molecular weight is 262 g/mol. The normalized spacial score (nSPS) is 10.3. The SMILES string of the molecule is NCCc1ccccc1COc1ccccc1Cl. The molecule has 0 unspecified atom stereocenters. The van der Waals surface area contributed by atoms with E-state index in [2.05, 4.69) is 12.1 Å². The highest BCUT2D eigenvalue weighted by molar-refractivity contribution is 6.32. The van der Waals surface area contributed by atoms with Gasteiger partial charge in [0, 0.05) is 0 Å². The smallest absolute Gasteiger partial charge is 0.138 e. The minimum atomic E-state index is 0.514. The van der Waals surface area contributed by atoms with Gasteiger partial charge in [-0.2, -0.15) is 0 Å². The Morgan fingerprint density at radius 3 is 2.33 bits per heavy atom. The zero-order valence-electron chi connectivity index (χ0n) is 10.1. The predicted molar refractivity (Wildman–Crippen MR) is 75.0 cm³/mol. The molecule has 94 valence electrons. The number of halogens is 1. The number of nitrogens with two attached hydrogens (primary N) is 1. The number of benzene rings is 2. The quantitative estimate of drug-likeness (QED) is 0.895. The molecule has 0 aliphatic rings. The van der Waals surface area contributed by atoms with Crippen molar-refractivity contribution in [3.05, 3.63) is 64.7 Å². The third kappa shape index (κ3) is 3.25. The van der Waals surface area contributed by atoms with Crippen LogP contribution in [0.25, 0.3) is 0 Å². The van der Waals surface area contributed by atoms with Gasteiger partial charge in [-0.1, -0.05) is 48.0 Å². The highest BCUT2D eigenvalue weighted by Crippen LogP contribution is 2.24. The number of hydrogen-bond donors (Lipinski definition) is 1. The molecule has 18 heavy (non-hydrogen) atoms. The lowest BCUT2D eigenvalue weighted by molar-refractivity contribution is 0.305. The van der Waals surface area contributed by atoms with E-state index in [4.69, 9.17) is 22.1 Å². The summed E-state index contributed by atoms with van der Waals surface area (Å²) in [5, 5.41) is 0.633. The summed E-state index contributed by atoms with van der Waals surface area (Å²) < 4.78 is 5.74. The summed E-state index contributed by atoms with van der Waals surface area (Å²) in [5.41, 5.74) is 7.98. The fourth-order valence-electron chi connectivity index (χ4n) is 1.81. The van der Waals surface area contributed by atoms with E-state index in [1.165, 1.54) is 5.56 Å². The summed E-state index contributed by atoms with van der Waals surface area (Å²) >= 11 is 6.05. The molecule has 2 aromatic carbocycles. The Hall–Kier alpha value is -1.51. The maximum Gasteiger partial charge on any atom is 0.138 e. The van der Waals surface area contributed by atoms with Gasteiger partial charge in [-0.25, -0.2) is 0 Å². The first-order valence-electron chi connectivity index (χ1n) is 5.95. The van der Waals surface area contributed by atoms with Crippen molar-refractivity contribution >= 4 is 11.6 Å². The lowest BCUT2D eigenvalue weighted by atomic mass is 10.1. The van der Waals surface area contributed by atoms with E-state index >= 15 is 0 Å². The molecule has 0 amide bonds. The Bertz CT molecular complexity index is 513. The maximum absolute atomic E-state index is 6.05. The number of rotatable bonds is 5. The average Bonchev–Trinajstić information content (AvgIpc) is 2.40. The topological polar surface area (TPSA) is 35.2 Å². The molecule has 0 heterocycles. The fourth-order valence-corrected chi connectivity index (χ4v) is 2.01. The van der Waals surface area contributed by atoms with Gasteiger partial charge in [0.25, 0.3) is 0 Å². The molecule has 0 saturated carbocycles. The van der Waals surface area contributed by atoms with E-state index in [0.29, 0.717) is 23.9 Å². The van der Waals surface area contributed by atoms with Crippen molar-refractivity contribution in [1.29, 1.82) is 0 Å². The van der Waals surface area contributed by atoms with E-state index in [9.17, 15) is 0 Å². The van der Waals surface area contributed by atoms with E-state index in [1.54, 1.807) is 0 Å². The molecule has 2 nitrogen and oxygen atoms in total. The molecule has 0 bridgehead atoms. The second-order valence-electron chi connectivity index (χ2n) is 4.03. The number of para-hydroxylation sites is 1. The molecule has 2 rings (SSSR count). The van der Waals surface area contributed by atoms with Gasteiger partial charge >= 0.3 is 0 Å². The molecule has 0 atom stereocenters. The number of ether oxygens (including phenoxy) is 1. The minimum Gasteiger partial charge on any atom is -0.487 e. The molecule has 0 spiro atoms. The van der Waals surface area contributed by atoms with Gasteiger partial charge in [0.05, 0.1) is 5.02 Å². The molecule has 0 aliphatic heterocycles. The Kier molecular flexibility index (Phi) is 4.62. The van der Waals surface area contributed by atoms with E-state index in [0.717, 1.165) is 12.0 Å². The molecule has 2 N–H and O–H groups in total. The van der Waals surface area contributed by atoms with Gasteiger partial charge in [-0.15, -0.1) is 0 Å². The van der Waals surface area contributed by atoms with Crippen molar-refractivity contribution in [3.63, 3.8) is 0 Å². The Labute approximate surface area is 112 Å².